The first-order chi connectivity index (χ1) is 11.9. The first kappa shape index (κ1) is 18.0. The minimum absolute atomic E-state index is 0.0544. The fourth-order valence-electron chi connectivity index (χ4n) is 6.22. The van der Waals surface area contributed by atoms with E-state index in [0.29, 0.717) is 29.5 Å². The van der Waals surface area contributed by atoms with Crippen LogP contribution in [0.25, 0.3) is 0 Å². The lowest BCUT2D eigenvalue weighted by Crippen LogP contribution is -2.61. The van der Waals surface area contributed by atoms with Crippen molar-refractivity contribution in [3.05, 3.63) is 12.2 Å². The van der Waals surface area contributed by atoms with E-state index < -0.39 is 0 Å². The molecule has 1 unspecified atom stereocenters. The summed E-state index contributed by atoms with van der Waals surface area (Å²) in [5.41, 5.74) is 1.88. The molecule has 0 aromatic heterocycles. The largest absolute Gasteiger partial charge is 0.376 e. The third-order valence-electron chi connectivity index (χ3n) is 7.80. The quantitative estimate of drug-likeness (QED) is 0.789. The van der Waals surface area contributed by atoms with Crippen molar-refractivity contribution >= 4 is 0 Å². The van der Waals surface area contributed by atoms with Gasteiger partial charge in [-0.3, -0.25) is 0 Å². The van der Waals surface area contributed by atoms with Gasteiger partial charge in [-0.25, -0.2) is 0 Å². The minimum atomic E-state index is -0.0544. The Balaban J connectivity index is 1.50. The van der Waals surface area contributed by atoms with Gasteiger partial charge in [-0.2, -0.15) is 0 Å². The highest BCUT2D eigenvalue weighted by Crippen LogP contribution is 2.63. The number of hydrogen-bond acceptors (Lipinski definition) is 4. The number of nitrogens with one attached hydrogen (secondary N) is 1. The lowest BCUT2D eigenvalue weighted by Gasteiger charge is -2.62. The third kappa shape index (κ3) is 2.99. The zero-order valence-corrected chi connectivity index (χ0v) is 16.2. The maximum absolute atomic E-state index is 6.21. The average molecular weight is 350 g/mol. The van der Waals surface area contributed by atoms with Gasteiger partial charge in [0, 0.05) is 25.1 Å². The second-order valence-electron chi connectivity index (χ2n) is 9.30. The van der Waals surface area contributed by atoms with Crippen LogP contribution in [-0.4, -0.2) is 44.8 Å². The molecule has 2 heterocycles. The Bertz CT molecular complexity index is 519. The van der Waals surface area contributed by atoms with Crippen LogP contribution in [0.2, 0.25) is 0 Å². The number of fused-ring (bicyclic) bond motifs is 3. The van der Waals surface area contributed by atoms with Gasteiger partial charge >= 0.3 is 0 Å². The Kier molecular flexibility index (Phi) is 4.77. The van der Waals surface area contributed by atoms with Crippen LogP contribution in [-0.2, 0) is 14.2 Å². The van der Waals surface area contributed by atoms with Gasteiger partial charge in [0.15, 0.2) is 6.29 Å². The molecule has 25 heavy (non-hydrogen) atoms. The molecular formula is C21H35NO3. The van der Waals surface area contributed by atoms with Crippen molar-refractivity contribution in [3.63, 3.8) is 0 Å². The Morgan fingerprint density at radius 2 is 2.04 bits per heavy atom. The fourth-order valence-corrected chi connectivity index (χ4v) is 6.22. The number of rotatable bonds is 4. The van der Waals surface area contributed by atoms with Crippen LogP contribution >= 0.6 is 0 Å². The lowest BCUT2D eigenvalue weighted by atomic mass is 9.46. The Morgan fingerprint density at radius 1 is 1.24 bits per heavy atom. The molecule has 142 valence electrons. The first-order valence-electron chi connectivity index (χ1n) is 10.2. The average Bonchev–Trinajstić information content (AvgIpc) is 2.52. The minimum Gasteiger partial charge on any atom is -0.376 e. The van der Waals surface area contributed by atoms with E-state index in [0.717, 1.165) is 45.6 Å². The molecule has 4 rings (SSSR count). The van der Waals surface area contributed by atoms with Crippen LogP contribution in [0.15, 0.2) is 12.2 Å². The van der Waals surface area contributed by atoms with Crippen molar-refractivity contribution in [3.8, 4) is 0 Å². The predicted octanol–water partition coefficient (Wildman–Crippen LogP) is 3.52. The van der Waals surface area contributed by atoms with Gasteiger partial charge in [-0.05, 0) is 56.3 Å². The summed E-state index contributed by atoms with van der Waals surface area (Å²) >= 11 is 0. The zero-order chi connectivity index (χ0) is 17.7. The molecule has 4 heteroatoms. The second-order valence-corrected chi connectivity index (χ2v) is 9.30. The topological polar surface area (TPSA) is 39.7 Å². The summed E-state index contributed by atoms with van der Waals surface area (Å²) in [5.74, 6) is 1.21. The van der Waals surface area contributed by atoms with Crippen molar-refractivity contribution in [2.24, 2.45) is 22.7 Å². The molecule has 4 aliphatic rings. The predicted molar refractivity (Wildman–Crippen MR) is 98.3 cm³/mol. The normalized spacial score (nSPS) is 47.7. The molecule has 0 amide bonds. The fraction of sp³-hybridized carbons (Fsp3) is 0.905. The highest BCUT2D eigenvalue weighted by atomic mass is 16.7. The van der Waals surface area contributed by atoms with Crippen LogP contribution in [0.5, 0.6) is 0 Å². The molecule has 0 aromatic rings. The monoisotopic (exact) mass is 349 g/mol. The van der Waals surface area contributed by atoms with Crippen LogP contribution in [0.3, 0.4) is 0 Å². The molecule has 6 atom stereocenters. The molecule has 4 fully saturated rings. The highest BCUT2D eigenvalue weighted by molar-refractivity contribution is 5.18. The van der Waals surface area contributed by atoms with Crippen molar-refractivity contribution in [2.45, 2.75) is 71.4 Å². The highest BCUT2D eigenvalue weighted by Gasteiger charge is 2.59. The van der Waals surface area contributed by atoms with Gasteiger partial charge in [0.05, 0.1) is 18.8 Å². The van der Waals surface area contributed by atoms with Crippen molar-refractivity contribution in [1.29, 1.82) is 0 Å². The van der Waals surface area contributed by atoms with Gasteiger partial charge in [0.1, 0.15) is 0 Å². The van der Waals surface area contributed by atoms with Crippen LogP contribution in [0.1, 0.15) is 52.9 Å². The van der Waals surface area contributed by atoms with E-state index in [2.05, 4.69) is 25.7 Å². The first-order valence-corrected chi connectivity index (χ1v) is 10.2. The Morgan fingerprint density at radius 3 is 2.76 bits per heavy atom. The van der Waals surface area contributed by atoms with Gasteiger partial charge < -0.3 is 19.5 Å². The van der Waals surface area contributed by atoms with Crippen LogP contribution < -0.4 is 5.32 Å². The molecule has 0 aromatic carbocycles. The zero-order valence-electron chi connectivity index (χ0n) is 16.2. The number of hydrogen-bond donors (Lipinski definition) is 1. The van der Waals surface area contributed by atoms with Crippen molar-refractivity contribution < 1.29 is 14.2 Å². The SMILES string of the molecule is C=C1CCC2[C@]3(C)CO[C@@H](C)O[C@@H]3CC[C@@]2(C)[C@@H]1CCOC1CNC1. The van der Waals surface area contributed by atoms with Gasteiger partial charge in [0.2, 0.25) is 0 Å². The summed E-state index contributed by atoms with van der Waals surface area (Å²) in [4.78, 5) is 0. The number of allylic oxidation sites excluding steroid dienone is 1. The van der Waals surface area contributed by atoms with E-state index in [9.17, 15) is 0 Å². The van der Waals surface area contributed by atoms with E-state index >= 15 is 0 Å². The molecule has 2 saturated carbocycles. The molecule has 2 aliphatic carbocycles. The summed E-state index contributed by atoms with van der Waals surface area (Å²) in [6.07, 6.45) is 6.59. The van der Waals surface area contributed by atoms with E-state index in [-0.39, 0.29) is 11.7 Å². The van der Waals surface area contributed by atoms with E-state index in [1.807, 2.05) is 6.92 Å². The van der Waals surface area contributed by atoms with Crippen LogP contribution in [0, 0.1) is 22.7 Å². The summed E-state index contributed by atoms with van der Waals surface area (Å²) in [7, 11) is 0. The molecule has 2 saturated heterocycles. The molecule has 0 bridgehead atoms. The molecule has 4 nitrogen and oxygen atoms in total. The molecule has 0 spiro atoms. The molecule has 0 radical (unpaired) electrons. The standard InChI is InChI=1S/C21H35NO3/c1-14-5-6-18-20(3,17(14)8-10-23-16-11-22-12-16)9-7-19-21(18,4)13-24-15(2)25-19/h15-19,22H,1,5-13H2,2-4H3/t15-,17-,18?,19-,20+,21+/m1/s1. The second kappa shape index (κ2) is 6.63. The molecule has 1 N–H and O–H groups in total. The maximum atomic E-state index is 6.21. The third-order valence-corrected chi connectivity index (χ3v) is 7.80. The number of ether oxygens (including phenoxy) is 3. The smallest absolute Gasteiger partial charge is 0.155 e. The molecule has 2 aliphatic heterocycles. The van der Waals surface area contributed by atoms with E-state index in [1.165, 1.54) is 18.4 Å². The Hall–Kier alpha value is -0.420. The van der Waals surface area contributed by atoms with E-state index in [1.54, 1.807) is 0 Å². The maximum Gasteiger partial charge on any atom is 0.155 e. The van der Waals surface area contributed by atoms with Crippen molar-refractivity contribution in [1.82, 2.24) is 5.32 Å². The summed E-state index contributed by atoms with van der Waals surface area (Å²) in [5, 5.41) is 3.28. The van der Waals surface area contributed by atoms with Crippen LogP contribution in [0.4, 0.5) is 0 Å². The lowest BCUT2D eigenvalue weighted by molar-refractivity contribution is -0.297. The molecular weight excluding hydrogens is 314 g/mol. The van der Waals surface area contributed by atoms with E-state index in [4.69, 9.17) is 14.2 Å². The van der Waals surface area contributed by atoms with Crippen molar-refractivity contribution in [2.75, 3.05) is 26.3 Å². The summed E-state index contributed by atoms with van der Waals surface area (Å²) < 4.78 is 18.2. The van der Waals surface area contributed by atoms with Gasteiger partial charge in [0.25, 0.3) is 0 Å². The van der Waals surface area contributed by atoms with Gasteiger partial charge in [-0.15, -0.1) is 0 Å². The Labute approximate surface area is 152 Å². The summed E-state index contributed by atoms with van der Waals surface area (Å²) in [6, 6.07) is 0. The summed E-state index contributed by atoms with van der Waals surface area (Å²) in [6.45, 7) is 15.1. The van der Waals surface area contributed by atoms with Gasteiger partial charge in [-0.1, -0.05) is 26.0 Å².